The number of allylic oxidation sites excluding steroid dienone is 2. The fraction of sp³-hybridized carbons (Fsp3) is 0.778. The third-order valence-electron chi connectivity index (χ3n) is 1.52. The first kappa shape index (κ1) is 9.54. The minimum absolute atomic E-state index is 1.19. The Labute approximate surface area is 64.5 Å². The molecule has 0 aromatic rings. The Balaban J connectivity index is 3.55. The maximum Gasteiger partial charge on any atom is 0.00634 e. The van der Waals surface area contributed by atoms with Crippen LogP contribution >= 0.6 is 0 Å². The largest absolute Gasteiger partial charge is 0.392 e. The van der Waals surface area contributed by atoms with Gasteiger partial charge in [-0.05, 0) is 12.8 Å². The third-order valence-corrected chi connectivity index (χ3v) is 1.52. The molecule has 60 valence electrons. The molecular weight excluding hydrogens is 122 g/mol. The van der Waals surface area contributed by atoms with E-state index in [0.717, 1.165) is 0 Å². The minimum atomic E-state index is 1.19. The molecule has 0 heterocycles. The molecule has 0 unspecified atom stereocenters. The zero-order valence-corrected chi connectivity index (χ0v) is 7.41. The molecule has 0 amide bonds. The van der Waals surface area contributed by atoms with Gasteiger partial charge < -0.3 is 5.32 Å². The van der Waals surface area contributed by atoms with Crippen molar-refractivity contribution in [2.24, 2.45) is 0 Å². The predicted octanol–water partition coefficient (Wildman–Crippen LogP) is 2.69. The third kappa shape index (κ3) is 4.42. The van der Waals surface area contributed by atoms with Crippen LogP contribution in [0.5, 0.6) is 0 Å². The number of hydrogen-bond acceptors (Lipinski definition) is 1. The zero-order valence-electron chi connectivity index (χ0n) is 7.41. The lowest BCUT2D eigenvalue weighted by molar-refractivity contribution is 0.797. The van der Waals surface area contributed by atoms with Crippen LogP contribution in [0.1, 0.15) is 39.5 Å². The van der Waals surface area contributed by atoms with Crippen molar-refractivity contribution in [2.75, 3.05) is 7.05 Å². The topological polar surface area (TPSA) is 12.0 Å². The van der Waals surface area contributed by atoms with E-state index in [1.54, 1.807) is 0 Å². The fourth-order valence-corrected chi connectivity index (χ4v) is 0.917. The molecule has 10 heavy (non-hydrogen) atoms. The second kappa shape index (κ2) is 6.66. The number of unbranched alkanes of at least 4 members (excludes halogenated alkanes) is 1. The molecule has 0 radical (unpaired) electrons. The van der Waals surface area contributed by atoms with Gasteiger partial charge in [-0.2, -0.15) is 0 Å². The quantitative estimate of drug-likeness (QED) is 0.620. The summed E-state index contributed by atoms with van der Waals surface area (Å²) in [6, 6.07) is 0. The van der Waals surface area contributed by atoms with Crippen LogP contribution < -0.4 is 5.32 Å². The smallest absolute Gasteiger partial charge is 0.00634 e. The van der Waals surface area contributed by atoms with E-state index in [9.17, 15) is 0 Å². The Morgan fingerprint density at radius 3 is 2.40 bits per heavy atom. The Morgan fingerprint density at radius 1 is 1.30 bits per heavy atom. The molecule has 0 spiro atoms. The number of hydrogen-bond donors (Lipinski definition) is 1. The Morgan fingerprint density at radius 2 is 2.00 bits per heavy atom. The molecule has 0 saturated heterocycles. The average Bonchev–Trinajstić information content (AvgIpc) is 1.98. The lowest BCUT2D eigenvalue weighted by Gasteiger charge is -2.03. The van der Waals surface area contributed by atoms with Crippen molar-refractivity contribution in [2.45, 2.75) is 39.5 Å². The summed E-state index contributed by atoms with van der Waals surface area (Å²) in [7, 11) is 2.00. The molecule has 0 aliphatic carbocycles. The molecule has 0 aromatic carbocycles. The van der Waals surface area contributed by atoms with Crippen molar-refractivity contribution < 1.29 is 0 Å². The Hall–Kier alpha value is -0.460. The van der Waals surface area contributed by atoms with E-state index >= 15 is 0 Å². The van der Waals surface area contributed by atoms with Gasteiger partial charge in [0.1, 0.15) is 0 Å². The predicted molar refractivity (Wildman–Crippen MR) is 47.0 cm³/mol. The molecule has 1 N–H and O–H groups in total. The van der Waals surface area contributed by atoms with Crippen molar-refractivity contribution >= 4 is 0 Å². The normalized spacial score (nSPS) is 11.7. The van der Waals surface area contributed by atoms with E-state index < -0.39 is 0 Å². The molecule has 0 rings (SSSR count). The Kier molecular flexibility index (Phi) is 6.35. The van der Waals surface area contributed by atoms with E-state index in [1.165, 1.54) is 31.4 Å². The van der Waals surface area contributed by atoms with Gasteiger partial charge >= 0.3 is 0 Å². The van der Waals surface area contributed by atoms with Crippen LogP contribution in [0.2, 0.25) is 0 Å². The van der Waals surface area contributed by atoms with E-state index in [-0.39, 0.29) is 0 Å². The van der Waals surface area contributed by atoms with Crippen molar-refractivity contribution in [1.82, 2.24) is 5.32 Å². The highest BCUT2D eigenvalue weighted by atomic mass is 14.8. The lowest BCUT2D eigenvalue weighted by Crippen LogP contribution is -2.04. The van der Waals surface area contributed by atoms with Gasteiger partial charge in [0.2, 0.25) is 0 Å². The van der Waals surface area contributed by atoms with Gasteiger partial charge in [0.05, 0.1) is 0 Å². The molecular formula is C9H19N. The maximum atomic E-state index is 3.20. The first-order chi connectivity index (χ1) is 4.85. The summed E-state index contributed by atoms with van der Waals surface area (Å²) >= 11 is 0. The summed E-state index contributed by atoms with van der Waals surface area (Å²) < 4.78 is 0. The minimum Gasteiger partial charge on any atom is -0.392 e. The molecule has 0 aromatic heterocycles. The lowest BCUT2D eigenvalue weighted by atomic mass is 10.2. The summed E-state index contributed by atoms with van der Waals surface area (Å²) in [6.07, 6.45) is 7.17. The van der Waals surface area contributed by atoms with Crippen LogP contribution in [-0.2, 0) is 0 Å². The maximum absolute atomic E-state index is 3.20. The molecule has 0 aliphatic rings. The summed E-state index contributed by atoms with van der Waals surface area (Å²) in [5.41, 5.74) is 1.39. The zero-order chi connectivity index (χ0) is 7.82. The van der Waals surface area contributed by atoms with E-state index in [1.807, 2.05) is 7.05 Å². The van der Waals surface area contributed by atoms with Crippen molar-refractivity contribution in [3.05, 3.63) is 11.8 Å². The summed E-state index contributed by atoms with van der Waals surface area (Å²) in [5.74, 6) is 0. The highest BCUT2D eigenvalue weighted by Crippen LogP contribution is 2.02. The van der Waals surface area contributed by atoms with Gasteiger partial charge in [-0.25, -0.2) is 0 Å². The molecule has 1 nitrogen and oxygen atoms in total. The van der Waals surface area contributed by atoms with E-state index in [2.05, 4.69) is 25.2 Å². The van der Waals surface area contributed by atoms with E-state index in [0.29, 0.717) is 0 Å². The molecule has 0 fully saturated rings. The van der Waals surface area contributed by atoms with Crippen LogP contribution in [-0.4, -0.2) is 7.05 Å². The van der Waals surface area contributed by atoms with Gasteiger partial charge in [0.15, 0.2) is 0 Å². The van der Waals surface area contributed by atoms with Gasteiger partial charge in [-0.15, -0.1) is 0 Å². The first-order valence-electron chi connectivity index (χ1n) is 4.21. The van der Waals surface area contributed by atoms with Crippen LogP contribution in [0, 0.1) is 0 Å². The molecule has 1 heteroatoms. The van der Waals surface area contributed by atoms with Crippen LogP contribution in [0.25, 0.3) is 0 Å². The summed E-state index contributed by atoms with van der Waals surface area (Å²) in [5, 5.41) is 3.20. The summed E-state index contributed by atoms with van der Waals surface area (Å²) in [6.45, 7) is 4.41. The first-order valence-corrected chi connectivity index (χ1v) is 4.21. The fourth-order valence-electron chi connectivity index (χ4n) is 0.917. The molecule has 0 atom stereocenters. The second-order valence-electron chi connectivity index (χ2n) is 2.52. The highest BCUT2D eigenvalue weighted by molar-refractivity contribution is 4.97. The van der Waals surface area contributed by atoms with Crippen LogP contribution in [0.15, 0.2) is 11.8 Å². The Bertz CT molecular complexity index is 94.9. The van der Waals surface area contributed by atoms with Crippen molar-refractivity contribution in [1.29, 1.82) is 0 Å². The van der Waals surface area contributed by atoms with Crippen LogP contribution in [0.3, 0.4) is 0 Å². The molecule has 0 bridgehead atoms. The summed E-state index contributed by atoms with van der Waals surface area (Å²) in [4.78, 5) is 0. The standard InChI is InChI=1S/C9H19N/c1-4-6-8-9(10-3)7-5-2/h8,10H,4-7H2,1-3H3/b9-8+. The SMILES string of the molecule is CCC/C=C(\CCC)NC. The van der Waals surface area contributed by atoms with E-state index in [4.69, 9.17) is 0 Å². The van der Waals surface area contributed by atoms with Crippen molar-refractivity contribution in [3.63, 3.8) is 0 Å². The molecule has 0 aliphatic heterocycles. The van der Waals surface area contributed by atoms with Gasteiger partial charge in [0.25, 0.3) is 0 Å². The monoisotopic (exact) mass is 141 g/mol. The van der Waals surface area contributed by atoms with Crippen molar-refractivity contribution in [3.8, 4) is 0 Å². The average molecular weight is 141 g/mol. The second-order valence-corrected chi connectivity index (χ2v) is 2.52. The van der Waals surface area contributed by atoms with Gasteiger partial charge in [0, 0.05) is 12.7 Å². The number of nitrogens with one attached hydrogen (secondary N) is 1. The van der Waals surface area contributed by atoms with Gasteiger partial charge in [-0.3, -0.25) is 0 Å². The molecule has 0 saturated carbocycles. The highest BCUT2D eigenvalue weighted by Gasteiger charge is 1.88. The number of rotatable bonds is 5. The van der Waals surface area contributed by atoms with Gasteiger partial charge in [-0.1, -0.05) is 32.8 Å². The van der Waals surface area contributed by atoms with Crippen LogP contribution in [0.4, 0.5) is 0 Å².